The van der Waals surface area contributed by atoms with Gasteiger partial charge in [-0.15, -0.1) is 0 Å². The van der Waals surface area contributed by atoms with Gasteiger partial charge in [0, 0.05) is 36.3 Å². The van der Waals surface area contributed by atoms with E-state index >= 15 is 0 Å². The van der Waals surface area contributed by atoms with Gasteiger partial charge in [0.1, 0.15) is 46.1 Å². The van der Waals surface area contributed by atoms with E-state index in [4.69, 9.17) is 24.6 Å². The molecule has 400 valence electrons. The van der Waals surface area contributed by atoms with E-state index in [0.717, 1.165) is 24.5 Å². The highest BCUT2D eigenvalue weighted by molar-refractivity contribution is 7.85. The van der Waals surface area contributed by atoms with Gasteiger partial charge < -0.3 is 44.7 Å². The standard InChI is InChI=1S/C14H20FNO5S.C14H18FNO4.C13H18FNO3.C9H6FNO2/c1-14(2,3)21-13(17)16-8-11-6-5-10(7-12(11)15)9-20-22(4,18)19;1-14(2,3)20-13(18)16-8-10-6-5-9(7-11(10)15)12(17)19-4;1-13(2,3)18-12(17)15-7-10-5-4-9(8-16)6-11(10)14;1-13-9(12)6-2-3-7(5-11)8(10)4-6/h5-7H,8-9H2,1-4H3,(H,16,17);5-7H,8H2,1-4H3,(H,16,18);4-6,16H,7-8H2,1-3H3,(H,15,17);2-4H,1H3. The lowest BCUT2D eigenvalue weighted by Gasteiger charge is -2.19. The molecule has 0 bridgehead atoms. The van der Waals surface area contributed by atoms with E-state index in [1.165, 1.54) is 62.8 Å². The van der Waals surface area contributed by atoms with Crippen LogP contribution in [0, 0.1) is 34.6 Å². The molecule has 4 aromatic rings. The maximum absolute atomic E-state index is 13.9. The molecule has 0 atom stereocenters. The third-order valence-corrected chi connectivity index (χ3v) is 8.85. The number of rotatable bonds is 12. The Morgan fingerprint density at radius 1 is 0.562 bits per heavy atom. The number of nitrogens with one attached hydrogen (secondary N) is 3. The predicted octanol–water partition coefficient (Wildman–Crippen LogP) is 8.79. The molecular formula is C50H62F4N4O14S. The Hall–Kier alpha value is -7.29. The zero-order valence-corrected chi connectivity index (χ0v) is 43.4. The number of hydrogen-bond acceptors (Lipinski definition) is 15. The summed E-state index contributed by atoms with van der Waals surface area (Å²) >= 11 is 0. The van der Waals surface area contributed by atoms with Crippen molar-refractivity contribution in [2.24, 2.45) is 0 Å². The lowest BCUT2D eigenvalue weighted by molar-refractivity contribution is 0.0511. The lowest BCUT2D eigenvalue weighted by atomic mass is 10.1. The second-order valence-corrected chi connectivity index (χ2v) is 19.8. The summed E-state index contributed by atoms with van der Waals surface area (Å²) < 4.78 is 104. The van der Waals surface area contributed by atoms with Crippen molar-refractivity contribution in [3.63, 3.8) is 0 Å². The third kappa shape index (κ3) is 27.2. The van der Waals surface area contributed by atoms with E-state index in [2.05, 4.69) is 29.6 Å². The zero-order chi connectivity index (χ0) is 55.9. The Labute approximate surface area is 422 Å². The molecule has 23 heteroatoms. The third-order valence-electron chi connectivity index (χ3n) is 8.31. The van der Waals surface area contributed by atoms with E-state index in [9.17, 15) is 50.0 Å². The molecule has 0 radical (unpaired) electrons. The number of methoxy groups -OCH3 is 2. The molecule has 0 fully saturated rings. The topological polar surface area (TPSA) is 255 Å². The number of hydrogen-bond donors (Lipinski definition) is 4. The quantitative estimate of drug-likeness (QED) is 0.0448. The summed E-state index contributed by atoms with van der Waals surface area (Å²) in [6, 6.07) is 17.6. The molecule has 0 aliphatic rings. The number of nitrogens with zero attached hydrogens (tertiary/aromatic N) is 1. The van der Waals surface area contributed by atoms with Crippen LogP contribution in [0.5, 0.6) is 0 Å². The summed E-state index contributed by atoms with van der Waals surface area (Å²) in [6.45, 7) is 15.2. The Balaban J connectivity index is 0.000000494. The zero-order valence-electron chi connectivity index (χ0n) is 42.6. The van der Waals surface area contributed by atoms with Crippen molar-refractivity contribution in [2.75, 3.05) is 20.5 Å². The highest BCUT2D eigenvalue weighted by Crippen LogP contribution is 2.16. The molecule has 0 spiro atoms. The number of aliphatic hydroxyl groups is 1. The van der Waals surface area contributed by atoms with E-state index in [-0.39, 0.29) is 60.7 Å². The number of nitriles is 1. The van der Waals surface area contributed by atoms with Gasteiger partial charge in [0.15, 0.2) is 0 Å². The molecule has 4 rings (SSSR count). The monoisotopic (exact) mass is 1050 g/mol. The molecule has 3 amide bonds. The fourth-order valence-electron chi connectivity index (χ4n) is 5.06. The second kappa shape index (κ2) is 29.3. The van der Waals surface area contributed by atoms with Gasteiger partial charge in [0.05, 0.1) is 50.4 Å². The molecule has 0 aromatic heterocycles. The average molecular weight is 1050 g/mol. The first kappa shape index (κ1) is 63.7. The van der Waals surface area contributed by atoms with Crippen molar-refractivity contribution < 1.29 is 82.9 Å². The van der Waals surface area contributed by atoms with E-state index in [1.807, 2.05) is 0 Å². The number of carbonyl (C=O) groups is 5. The number of aliphatic hydroxyl groups excluding tert-OH is 1. The summed E-state index contributed by atoms with van der Waals surface area (Å²) in [6.07, 6.45) is -0.943. The van der Waals surface area contributed by atoms with Crippen LogP contribution in [0.15, 0.2) is 72.8 Å². The molecular weight excluding hydrogens is 989 g/mol. The highest BCUT2D eigenvalue weighted by atomic mass is 32.2. The van der Waals surface area contributed by atoms with Crippen molar-refractivity contribution in [1.82, 2.24) is 16.0 Å². The van der Waals surface area contributed by atoms with E-state index in [1.54, 1.807) is 74.4 Å². The lowest BCUT2D eigenvalue weighted by Crippen LogP contribution is -2.32. The van der Waals surface area contributed by atoms with Gasteiger partial charge >= 0.3 is 30.2 Å². The predicted molar refractivity (Wildman–Crippen MR) is 258 cm³/mol. The van der Waals surface area contributed by atoms with Gasteiger partial charge in [-0.1, -0.05) is 30.3 Å². The van der Waals surface area contributed by atoms with Gasteiger partial charge in [-0.3, -0.25) is 4.18 Å². The fraction of sp³-hybridized carbons (Fsp3) is 0.400. The Morgan fingerprint density at radius 3 is 1.22 bits per heavy atom. The fourth-order valence-corrected chi connectivity index (χ4v) is 5.41. The van der Waals surface area contributed by atoms with Crippen molar-refractivity contribution in [3.8, 4) is 6.07 Å². The van der Waals surface area contributed by atoms with Gasteiger partial charge in [-0.25, -0.2) is 41.5 Å². The second-order valence-electron chi connectivity index (χ2n) is 18.1. The molecule has 0 aliphatic heterocycles. The van der Waals surface area contributed by atoms with Crippen molar-refractivity contribution in [1.29, 1.82) is 5.26 Å². The maximum Gasteiger partial charge on any atom is 0.407 e. The van der Waals surface area contributed by atoms with Crippen molar-refractivity contribution in [3.05, 3.63) is 141 Å². The molecule has 4 N–H and O–H groups in total. The Kier molecular flexibility index (Phi) is 25.6. The minimum Gasteiger partial charge on any atom is -0.465 e. The molecule has 0 unspecified atom stereocenters. The van der Waals surface area contributed by atoms with Crippen LogP contribution in [0.3, 0.4) is 0 Å². The molecule has 0 saturated carbocycles. The molecule has 18 nitrogen and oxygen atoms in total. The van der Waals surface area contributed by atoms with Crippen LogP contribution >= 0.6 is 0 Å². The van der Waals surface area contributed by atoms with Crippen LogP contribution in [0.2, 0.25) is 0 Å². The minimum absolute atomic E-state index is 0.0256. The first-order valence-corrected chi connectivity index (χ1v) is 23.6. The Morgan fingerprint density at radius 2 is 0.904 bits per heavy atom. The molecule has 0 saturated heterocycles. The first-order chi connectivity index (χ1) is 33.7. The Bertz CT molecular complexity index is 2680. The number of alkyl carbamates (subject to hydrolysis) is 3. The highest BCUT2D eigenvalue weighted by Gasteiger charge is 2.19. The molecule has 0 heterocycles. The van der Waals surface area contributed by atoms with Crippen LogP contribution < -0.4 is 16.0 Å². The van der Waals surface area contributed by atoms with Crippen LogP contribution in [-0.4, -0.2) is 81.0 Å². The van der Waals surface area contributed by atoms with Crippen molar-refractivity contribution in [2.45, 2.75) is 112 Å². The van der Waals surface area contributed by atoms with Crippen LogP contribution in [0.4, 0.5) is 31.9 Å². The van der Waals surface area contributed by atoms with Crippen LogP contribution in [-0.2, 0) is 70.8 Å². The number of amides is 3. The summed E-state index contributed by atoms with van der Waals surface area (Å²) in [7, 11) is -1.15. The van der Waals surface area contributed by atoms with E-state index in [0.29, 0.717) is 16.7 Å². The number of benzene rings is 4. The average Bonchev–Trinajstić information content (AvgIpc) is 3.27. The van der Waals surface area contributed by atoms with E-state index < -0.39 is 80.4 Å². The minimum atomic E-state index is -3.58. The normalized spacial score (nSPS) is 11.0. The smallest absolute Gasteiger partial charge is 0.407 e. The first-order valence-electron chi connectivity index (χ1n) is 21.7. The summed E-state index contributed by atoms with van der Waals surface area (Å²) in [4.78, 5) is 56.4. The molecule has 0 aliphatic carbocycles. The number of carbonyl (C=O) groups excluding carboxylic acids is 5. The molecule has 4 aromatic carbocycles. The maximum atomic E-state index is 13.9. The largest absolute Gasteiger partial charge is 0.465 e. The van der Waals surface area contributed by atoms with Crippen LogP contribution in [0.25, 0.3) is 0 Å². The van der Waals surface area contributed by atoms with Gasteiger partial charge in [-0.05, 0) is 116 Å². The number of halogens is 4. The number of esters is 2. The van der Waals surface area contributed by atoms with Gasteiger partial charge in [0.2, 0.25) is 0 Å². The summed E-state index contributed by atoms with van der Waals surface area (Å²) in [5, 5.41) is 24.6. The SMILES string of the molecule is CC(C)(C)OC(=O)NCc1ccc(CO)cc1F.CC(C)(C)OC(=O)NCc1ccc(COS(C)(=O)=O)cc1F.COC(=O)c1ccc(C#N)c(F)c1.COC(=O)c1ccc(CNC(=O)OC(C)(C)C)c(F)c1. The summed E-state index contributed by atoms with van der Waals surface area (Å²) in [5.41, 5.74) is 0.0293. The van der Waals surface area contributed by atoms with Crippen LogP contribution in [0.1, 0.15) is 116 Å². The molecule has 73 heavy (non-hydrogen) atoms. The van der Waals surface area contributed by atoms with Crippen molar-refractivity contribution >= 4 is 40.3 Å². The number of ether oxygens (including phenoxy) is 5. The van der Waals surface area contributed by atoms with Gasteiger partial charge in [-0.2, -0.15) is 13.7 Å². The summed E-state index contributed by atoms with van der Waals surface area (Å²) in [5.74, 6) is -3.57. The van der Waals surface area contributed by atoms with Gasteiger partial charge in [0.25, 0.3) is 10.1 Å².